The maximum absolute atomic E-state index is 2.76. The highest BCUT2D eigenvalue weighted by Gasteiger charge is 2.54. The van der Waals surface area contributed by atoms with Crippen molar-refractivity contribution in [3.63, 3.8) is 0 Å². The zero-order valence-electron chi connectivity index (χ0n) is 34.4. The highest BCUT2D eigenvalue weighted by molar-refractivity contribution is 6.26. The van der Waals surface area contributed by atoms with Crippen molar-refractivity contribution in [2.75, 3.05) is 4.90 Å². The van der Waals surface area contributed by atoms with Gasteiger partial charge in [0.2, 0.25) is 0 Å². The number of anilines is 2. The van der Waals surface area contributed by atoms with Gasteiger partial charge in [-0.25, -0.2) is 0 Å². The minimum atomic E-state index is 0.213. The van der Waals surface area contributed by atoms with E-state index in [-0.39, 0.29) is 12.0 Å². The monoisotopic (exact) mass is 770 g/mol. The molecule has 8 aromatic carbocycles. The SMILES string of the molecule is CCCCc1ccc2c(c1)C1=C3c4c5cc(CCCC)ccc5n5c4c(c4ccccc45)=C(c4ccc5ccc6cccc7ccc4c5c67)C3CC3c4ccccc4N2C13. The minimum Gasteiger partial charge on any atom is -0.332 e. The van der Waals surface area contributed by atoms with Crippen LogP contribution in [0.5, 0.6) is 0 Å². The van der Waals surface area contributed by atoms with Crippen LogP contribution in [0.4, 0.5) is 11.4 Å². The number of rotatable bonds is 7. The quantitative estimate of drug-likeness (QED) is 0.147. The van der Waals surface area contributed by atoms with Gasteiger partial charge in [-0.3, -0.25) is 0 Å². The van der Waals surface area contributed by atoms with Gasteiger partial charge in [0, 0.05) is 50.3 Å². The van der Waals surface area contributed by atoms with E-state index in [4.69, 9.17) is 0 Å². The van der Waals surface area contributed by atoms with Crippen molar-refractivity contribution >= 4 is 87.7 Å². The molecule has 0 bridgehead atoms. The van der Waals surface area contributed by atoms with Gasteiger partial charge in [-0.2, -0.15) is 0 Å². The van der Waals surface area contributed by atoms with E-state index in [2.05, 4.69) is 163 Å². The van der Waals surface area contributed by atoms with Crippen LogP contribution >= 0.6 is 0 Å². The van der Waals surface area contributed by atoms with Gasteiger partial charge in [0.05, 0.1) is 22.6 Å². The molecule has 3 atom stereocenters. The number of aryl methyl sites for hydroxylation is 2. The second-order valence-electron chi connectivity index (χ2n) is 18.3. The Morgan fingerprint density at radius 3 is 2.10 bits per heavy atom. The molecule has 0 N–H and O–H groups in total. The average molecular weight is 771 g/mol. The first kappa shape index (κ1) is 33.5. The van der Waals surface area contributed by atoms with Crippen LogP contribution in [0.25, 0.3) is 76.4 Å². The molecule has 10 aromatic rings. The van der Waals surface area contributed by atoms with Gasteiger partial charge in [0.1, 0.15) is 0 Å². The van der Waals surface area contributed by atoms with Crippen LogP contribution in [0.3, 0.4) is 0 Å². The predicted molar refractivity (Wildman–Crippen MR) is 254 cm³/mol. The number of allylic oxidation sites excluding steroid dienone is 1. The Labute approximate surface area is 350 Å². The van der Waals surface area contributed by atoms with E-state index in [1.165, 1.54) is 141 Å². The predicted octanol–water partition coefficient (Wildman–Crippen LogP) is 14.3. The van der Waals surface area contributed by atoms with Crippen LogP contribution in [-0.2, 0) is 12.8 Å². The molecule has 0 fully saturated rings. The van der Waals surface area contributed by atoms with Crippen molar-refractivity contribution in [3.8, 4) is 0 Å². The van der Waals surface area contributed by atoms with Gasteiger partial charge >= 0.3 is 0 Å². The lowest BCUT2D eigenvalue weighted by molar-refractivity contribution is 0.551. The normalized spacial score (nSPS) is 18.9. The van der Waals surface area contributed by atoms with Crippen LogP contribution < -0.4 is 10.1 Å². The number of benzene rings is 8. The molecule has 0 saturated heterocycles. The molecule has 288 valence electrons. The maximum atomic E-state index is 2.76. The fourth-order valence-electron chi connectivity index (χ4n) is 12.9. The Bertz CT molecular complexity index is 3560. The lowest BCUT2D eigenvalue weighted by Gasteiger charge is -2.39. The average Bonchev–Trinajstić information content (AvgIpc) is 4.02. The number of unbranched alkanes of at least 4 members (excludes halogenated alkanes) is 2. The van der Waals surface area contributed by atoms with Crippen LogP contribution in [-0.4, -0.2) is 10.4 Å². The van der Waals surface area contributed by atoms with Crippen LogP contribution in [0.15, 0.2) is 140 Å². The van der Waals surface area contributed by atoms with E-state index in [1.807, 2.05) is 0 Å². The Kier molecular flexibility index (Phi) is 6.75. The topological polar surface area (TPSA) is 7.65 Å². The molecule has 2 aromatic heterocycles. The fourth-order valence-corrected chi connectivity index (χ4v) is 12.9. The van der Waals surface area contributed by atoms with Gasteiger partial charge in [-0.1, -0.05) is 130 Å². The van der Waals surface area contributed by atoms with Gasteiger partial charge in [-0.15, -0.1) is 0 Å². The number of hydrogen-bond donors (Lipinski definition) is 0. The molecule has 0 radical (unpaired) electrons. The van der Waals surface area contributed by atoms with Crippen molar-refractivity contribution in [2.24, 2.45) is 5.92 Å². The summed E-state index contributed by atoms with van der Waals surface area (Å²) in [7, 11) is 0. The summed E-state index contributed by atoms with van der Waals surface area (Å²) in [5.74, 6) is 0.600. The first-order valence-corrected chi connectivity index (χ1v) is 22.7. The highest BCUT2D eigenvalue weighted by Crippen LogP contribution is 2.66. The van der Waals surface area contributed by atoms with Crippen molar-refractivity contribution < 1.29 is 0 Å². The van der Waals surface area contributed by atoms with Crippen molar-refractivity contribution in [2.45, 2.75) is 70.8 Å². The molecule has 0 amide bonds. The Balaban J connectivity index is 1.19. The van der Waals surface area contributed by atoms with E-state index in [9.17, 15) is 0 Å². The third-order valence-corrected chi connectivity index (χ3v) is 15.3. The van der Waals surface area contributed by atoms with E-state index in [0.29, 0.717) is 5.92 Å². The summed E-state index contributed by atoms with van der Waals surface area (Å²) in [6.07, 6.45) is 8.16. The van der Waals surface area contributed by atoms with Crippen molar-refractivity contribution in [1.82, 2.24) is 4.40 Å². The van der Waals surface area contributed by atoms with Gasteiger partial charge < -0.3 is 9.30 Å². The van der Waals surface area contributed by atoms with Gasteiger partial charge in [0.15, 0.2) is 0 Å². The molecule has 4 heterocycles. The van der Waals surface area contributed by atoms with Crippen molar-refractivity contribution in [3.05, 3.63) is 178 Å². The molecule has 14 rings (SSSR count). The lowest BCUT2D eigenvalue weighted by atomic mass is 9.64. The highest BCUT2D eigenvalue weighted by atomic mass is 15.2. The van der Waals surface area contributed by atoms with Crippen LogP contribution in [0.2, 0.25) is 0 Å². The molecule has 2 nitrogen and oxygen atoms in total. The summed E-state index contributed by atoms with van der Waals surface area (Å²) < 4.78 is 2.67. The summed E-state index contributed by atoms with van der Waals surface area (Å²) in [5, 5.41) is 12.4. The molecular formula is C58H46N2. The molecule has 60 heavy (non-hydrogen) atoms. The summed E-state index contributed by atoms with van der Waals surface area (Å²) in [6.45, 7) is 4.63. The Hall–Kier alpha value is -6.38. The molecular weight excluding hydrogens is 725 g/mol. The molecule has 2 heteroatoms. The number of para-hydroxylation sites is 2. The number of fused-ring (bicyclic) bond motifs is 14. The molecule has 3 unspecified atom stereocenters. The summed E-state index contributed by atoms with van der Waals surface area (Å²) >= 11 is 0. The summed E-state index contributed by atoms with van der Waals surface area (Å²) in [6, 6.07) is 55.2. The molecule has 2 aliphatic heterocycles. The Morgan fingerprint density at radius 2 is 1.25 bits per heavy atom. The maximum Gasteiger partial charge on any atom is 0.0671 e. The van der Waals surface area contributed by atoms with Gasteiger partial charge in [0.25, 0.3) is 0 Å². The zero-order valence-corrected chi connectivity index (χ0v) is 34.4. The largest absolute Gasteiger partial charge is 0.332 e. The van der Waals surface area contributed by atoms with Gasteiger partial charge in [-0.05, 0) is 140 Å². The van der Waals surface area contributed by atoms with E-state index >= 15 is 0 Å². The molecule has 0 saturated carbocycles. The first-order valence-electron chi connectivity index (χ1n) is 22.7. The summed E-state index contributed by atoms with van der Waals surface area (Å²) in [5.41, 5.74) is 20.4. The summed E-state index contributed by atoms with van der Waals surface area (Å²) in [4.78, 5) is 2.76. The van der Waals surface area contributed by atoms with E-state index in [1.54, 1.807) is 11.1 Å². The third kappa shape index (κ3) is 4.15. The standard InChI is InChI=1S/C58H46N2/c1-3-5-12-33-20-28-48-43(30-33)55-53-45(32-42-38-16-7-9-18-46(38)59(48)57(42)55)52(40-27-25-37-23-22-35-14-11-15-36-24-26-39(40)51(37)50(35)36)54-41-17-8-10-19-47(41)60-49-29-21-34(13-6-4-2)31-44(49)56(53)58(54)60/h7-11,14-31,42,45,57H,3-6,12-13,32H2,1-2H3. The molecule has 4 aliphatic rings. The number of hydrogen-bond acceptors (Lipinski definition) is 1. The second-order valence-corrected chi connectivity index (χ2v) is 18.3. The Morgan fingerprint density at radius 1 is 0.533 bits per heavy atom. The third-order valence-electron chi connectivity index (χ3n) is 15.3. The van der Waals surface area contributed by atoms with Crippen molar-refractivity contribution in [1.29, 1.82) is 0 Å². The lowest BCUT2D eigenvalue weighted by Crippen LogP contribution is -2.35. The van der Waals surface area contributed by atoms with E-state index < -0.39 is 0 Å². The molecule has 2 aliphatic carbocycles. The first-order chi connectivity index (χ1) is 29.7. The van der Waals surface area contributed by atoms with E-state index in [0.717, 1.165) is 19.3 Å². The van der Waals surface area contributed by atoms with Crippen LogP contribution in [0.1, 0.15) is 85.3 Å². The number of nitrogens with zero attached hydrogens (tertiary/aromatic N) is 2. The fraction of sp³-hybridized carbons (Fsp3) is 0.207. The second kappa shape index (κ2) is 12.1. The van der Waals surface area contributed by atoms with Crippen LogP contribution in [0, 0.1) is 5.92 Å². The number of aromatic nitrogens is 1. The zero-order chi connectivity index (χ0) is 39.4. The smallest absolute Gasteiger partial charge is 0.0671 e. The molecule has 0 spiro atoms. The minimum absolute atomic E-state index is 0.213.